The van der Waals surface area contributed by atoms with Gasteiger partial charge in [0.05, 0.1) is 5.69 Å². The number of nitrogens with one attached hydrogen (secondary N) is 1. The highest BCUT2D eigenvalue weighted by Crippen LogP contribution is 2.54. The summed E-state index contributed by atoms with van der Waals surface area (Å²) in [5.41, 5.74) is 3.63. The first-order valence-electron chi connectivity index (χ1n) is 7.64. The summed E-state index contributed by atoms with van der Waals surface area (Å²) in [6.07, 6.45) is 1.12. The molecule has 1 heterocycles. The summed E-state index contributed by atoms with van der Waals surface area (Å²) >= 11 is 9.13. The fraction of sp³-hybridized carbons (Fsp3) is 0.222. The molecular formula is C18H16BrN3S. The number of rotatable bonds is 3. The Hall–Kier alpha value is -1.72. The van der Waals surface area contributed by atoms with Gasteiger partial charge < -0.3 is 0 Å². The third-order valence-corrected chi connectivity index (χ3v) is 5.30. The molecule has 2 aromatic carbocycles. The number of nitrogens with zero attached hydrogens (tertiary/aromatic N) is 2. The number of benzene rings is 2. The minimum atomic E-state index is 0.415. The summed E-state index contributed by atoms with van der Waals surface area (Å²) in [6.45, 7) is 2.08. The molecule has 4 rings (SSSR count). The lowest BCUT2D eigenvalue weighted by atomic mass is 10.1. The average molecular weight is 386 g/mol. The van der Waals surface area contributed by atoms with Crippen molar-refractivity contribution in [1.82, 2.24) is 14.8 Å². The topological polar surface area (TPSA) is 33.6 Å². The Labute approximate surface area is 148 Å². The minimum absolute atomic E-state index is 0.415. The Kier molecular flexibility index (Phi) is 3.70. The summed E-state index contributed by atoms with van der Waals surface area (Å²) in [7, 11) is 0. The molecule has 2 atom stereocenters. The lowest BCUT2D eigenvalue weighted by Crippen LogP contribution is -2.02. The van der Waals surface area contributed by atoms with E-state index in [0.29, 0.717) is 16.6 Å². The lowest BCUT2D eigenvalue weighted by molar-refractivity contribution is 0.844. The number of halogens is 1. The Morgan fingerprint density at radius 3 is 2.70 bits per heavy atom. The van der Waals surface area contributed by atoms with Crippen LogP contribution in [-0.4, -0.2) is 14.8 Å². The smallest absolute Gasteiger partial charge is 0.199 e. The van der Waals surface area contributed by atoms with Crippen LogP contribution in [0.5, 0.6) is 0 Å². The molecular weight excluding hydrogens is 370 g/mol. The van der Waals surface area contributed by atoms with Crippen molar-refractivity contribution in [2.45, 2.75) is 25.2 Å². The van der Waals surface area contributed by atoms with Crippen LogP contribution in [0.2, 0.25) is 0 Å². The molecule has 0 unspecified atom stereocenters. The maximum Gasteiger partial charge on any atom is 0.199 e. The van der Waals surface area contributed by atoms with Gasteiger partial charge in [0, 0.05) is 10.4 Å². The first-order valence-corrected chi connectivity index (χ1v) is 8.84. The molecule has 0 aliphatic heterocycles. The van der Waals surface area contributed by atoms with E-state index in [2.05, 4.69) is 86.1 Å². The molecule has 1 fully saturated rings. The number of hydrogen-bond donors (Lipinski definition) is 1. The van der Waals surface area contributed by atoms with Crippen molar-refractivity contribution in [2.24, 2.45) is 0 Å². The molecule has 1 aliphatic rings. The van der Waals surface area contributed by atoms with E-state index in [0.717, 1.165) is 22.4 Å². The maximum absolute atomic E-state index is 5.47. The highest BCUT2D eigenvalue weighted by molar-refractivity contribution is 9.10. The third kappa shape index (κ3) is 2.68. The van der Waals surface area contributed by atoms with Crippen LogP contribution < -0.4 is 0 Å². The molecule has 1 saturated carbocycles. The number of aromatic nitrogens is 3. The number of H-pyrrole nitrogens is 1. The van der Waals surface area contributed by atoms with Crippen LogP contribution in [0.15, 0.2) is 53.0 Å². The van der Waals surface area contributed by atoms with Gasteiger partial charge in [0.1, 0.15) is 5.82 Å². The van der Waals surface area contributed by atoms with Crippen LogP contribution in [0.1, 0.15) is 35.2 Å². The van der Waals surface area contributed by atoms with Gasteiger partial charge in [-0.05, 0) is 70.7 Å². The highest BCUT2D eigenvalue weighted by atomic mass is 79.9. The van der Waals surface area contributed by atoms with E-state index in [1.807, 2.05) is 0 Å². The summed E-state index contributed by atoms with van der Waals surface area (Å²) in [5, 5.41) is 7.48. The van der Waals surface area contributed by atoms with Crippen molar-refractivity contribution in [1.29, 1.82) is 0 Å². The molecule has 0 spiro atoms. The van der Waals surface area contributed by atoms with Crippen LogP contribution >= 0.6 is 28.1 Å². The van der Waals surface area contributed by atoms with E-state index in [9.17, 15) is 0 Å². The fourth-order valence-corrected chi connectivity index (χ4v) is 4.04. The summed E-state index contributed by atoms with van der Waals surface area (Å²) in [4.78, 5) is 0. The van der Waals surface area contributed by atoms with Crippen LogP contribution in [0.3, 0.4) is 0 Å². The summed E-state index contributed by atoms with van der Waals surface area (Å²) in [6, 6.07) is 16.9. The van der Waals surface area contributed by atoms with Gasteiger partial charge in [-0.3, -0.25) is 9.67 Å². The molecule has 23 heavy (non-hydrogen) atoms. The van der Waals surface area contributed by atoms with Gasteiger partial charge in [-0.15, -0.1) is 0 Å². The van der Waals surface area contributed by atoms with Crippen molar-refractivity contribution in [3.05, 3.63) is 74.7 Å². The number of aromatic amines is 1. The van der Waals surface area contributed by atoms with Crippen molar-refractivity contribution in [3.8, 4) is 5.69 Å². The van der Waals surface area contributed by atoms with E-state index >= 15 is 0 Å². The van der Waals surface area contributed by atoms with Gasteiger partial charge in [-0.2, -0.15) is 5.10 Å². The van der Waals surface area contributed by atoms with E-state index in [4.69, 9.17) is 12.2 Å². The predicted molar refractivity (Wildman–Crippen MR) is 97.7 cm³/mol. The first kappa shape index (κ1) is 14.8. The van der Waals surface area contributed by atoms with Gasteiger partial charge in [0.2, 0.25) is 0 Å². The number of hydrogen-bond acceptors (Lipinski definition) is 2. The molecule has 1 N–H and O–H groups in total. The van der Waals surface area contributed by atoms with Gasteiger partial charge in [-0.1, -0.05) is 36.4 Å². The minimum Gasteiger partial charge on any atom is -0.271 e. The average Bonchev–Trinajstić information content (AvgIpc) is 3.26. The van der Waals surface area contributed by atoms with Crippen molar-refractivity contribution in [2.75, 3.05) is 0 Å². The monoisotopic (exact) mass is 385 g/mol. The second-order valence-electron chi connectivity index (χ2n) is 6.04. The maximum atomic E-state index is 5.47. The standard InChI is InChI=1S/C18H16BrN3S/c1-11-7-8-16(15(19)9-11)22-17(20-21-18(22)23)14-10-13(14)12-5-3-2-4-6-12/h2-9,13-14H,10H2,1H3,(H,21,23)/t13-,14+/m0/s1. The fourth-order valence-electron chi connectivity index (χ4n) is 3.13. The molecule has 5 heteroatoms. The zero-order valence-electron chi connectivity index (χ0n) is 12.7. The molecule has 3 aromatic rings. The predicted octanol–water partition coefficient (Wildman–Crippen LogP) is 5.27. The highest BCUT2D eigenvalue weighted by Gasteiger charge is 2.43. The molecule has 0 amide bonds. The lowest BCUT2D eigenvalue weighted by Gasteiger charge is -2.10. The zero-order valence-corrected chi connectivity index (χ0v) is 15.1. The Morgan fingerprint density at radius 1 is 1.17 bits per heavy atom. The molecule has 116 valence electrons. The Balaban J connectivity index is 1.74. The van der Waals surface area contributed by atoms with Crippen molar-refractivity contribution in [3.63, 3.8) is 0 Å². The molecule has 3 nitrogen and oxygen atoms in total. The van der Waals surface area contributed by atoms with E-state index in [1.165, 1.54) is 11.1 Å². The normalized spacial score (nSPS) is 19.7. The van der Waals surface area contributed by atoms with Gasteiger partial charge in [0.15, 0.2) is 4.77 Å². The van der Waals surface area contributed by atoms with Crippen LogP contribution in [0.4, 0.5) is 0 Å². The summed E-state index contributed by atoms with van der Waals surface area (Å²) < 4.78 is 3.74. The molecule has 0 bridgehead atoms. The molecule has 0 radical (unpaired) electrons. The quantitative estimate of drug-likeness (QED) is 0.622. The molecule has 1 aliphatic carbocycles. The SMILES string of the molecule is Cc1ccc(-n2c([C@@H]3C[C@H]3c3ccccc3)n[nH]c2=S)c(Br)c1. The third-order valence-electron chi connectivity index (χ3n) is 4.39. The summed E-state index contributed by atoms with van der Waals surface area (Å²) in [5.74, 6) is 1.97. The van der Waals surface area contributed by atoms with Gasteiger partial charge in [-0.25, -0.2) is 0 Å². The Morgan fingerprint density at radius 2 is 1.96 bits per heavy atom. The van der Waals surface area contributed by atoms with Crippen molar-refractivity contribution < 1.29 is 0 Å². The second-order valence-corrected chi connectivity index (χ2v) is 7.28. The van der Waals surface area contributed by atoms with Gasteiger partial charge >= 0.3 is 0 Å². The van der Waals surface area contributed by atoms with E-state index in [1.54, 1.807) is 0 Å². The Bertz CT molecular complexity index is 914. The first-order chi connectivity index (χ1) is 11.1. The zero-order chi connectivity index (χ0) is 16.0. The number of aryl methyl sites for hydroxylation is 1. The van der Waals surface area contributed by atoms with Crippen LogP contribution in [0.25, 0.3) is 5.69 Å². The van der Waals surface area contributed by atoms with Crippen molar-refractivity contribution >= 4 is 28.1 Å². The largest absolute Gasteiger partial charge is 0.271 e. The van der Waals surface area contributed by atoms with Gasteiger partial charge in [0.25, 0.3) is 0 Å². The molecule has 1 aromatic heterocycles. The van der Waals surface area contributed by atoms with E-state index < -0.39 is 0 Å². The van der Waals surface area contributed by atoms with Crippen LogP contribution in [0, 0.1) is 11.7 Å². The second kappa shape index (κ2) is 5.73. The van der Waals surface area contributed by atoms with Crippen LogP contribution in [-0.2, 0) is 0 Å². The van der Waals surface area contributed by atoms with E-state index in [-0.39, 0.29) is 0 Å². The molecule has 0 saturated heterocycles.